The number of aliphatic hydroxyl groups is 14. The summed E-state index contributed by atoms with van der Waals surface area (Å²) in [7, 11) is 0. The van der Waals surface area contributed by atoms with E-state index in [4.69, 9.17) is 42.6 Å². The molecule has 4 heterocycles. The normalized spacial score (nSPS) is 52.4. The highest BCUT2D eigenvalue weighted by Gasteiger charge is 2.73. The maximum atomic E-state index is 13.2. The number of fused-ring (bicyclic) bond motifs is 7. The average molecular weight is 1220 g/mol. The summed E-state index contributed by atoms with van der Waals surface area (Å²) in [6, 6.07) is 0. The van der Waals surface area contributed by atoms with E-state index in [0.717, 1.165) is 5.57 Å². The lowest BCUT2D eigenvalue weighted by molar-refractivity contribution is -0.399. The number of hydrogen-bond donors (Lipinski definition) is 15. The van der Waals surface area contributed by atoms with Crippen molar-refractivity contribution >= 4 is 11.9 Å². The molecule has 4 aliphatic heterocycles. The molecule has 0 aromatic rings. The van der Waals surface area contributed by atoms with E-state index in [2.05, 4.69) is 26.8 Å². The number of carboxylic acids is 1. The second kappa shape index (κ2) is 24.3. The Morgan fingerprint density at radius 2 is 1.21 bits per heavy atom. The topological polar surface area (TPSA) is 421 Å². The van der Waals surface area contributed by atoms with Gasteiger partial charge in [0.2, 0.25) is 0 Å². The van der Waals surface area contributed by atoms with E-state index in [1.54, 1.807) is 19.9 Å². The summed E-state index contributed by atoms with van der Waals surface area (Å²) >= 11 is 0. The van der Waals surface area contributed by atoms with Gasteiger partial charge in [0.15, 0.2) is 31.3 Å². The lowest BCUT2D eigenvalue weighted by atomic mass is 9.33. The summed E-state index contributed by atoms with van der Waals surface area (Å²) in [4.78, 5) is 25.8. The molecule has 15 N–H and O–H groups in total. The molecule has 0 unspecified atom stereocenters. The van der Waals surface area contributed by atoms with E-state index in [1.807, 2.05) is 27.7 Å². The van der Waals surface area contributed by atoms with Crippen molar-refractivity contribution in [3.63, 3.8) is 0 Å². The van der Waals surface area contributed by atoms with Crippen molar-refractivity contribution in [2.45, 2.75) is 261 Å². The lowest BCUT2D eigenvalue weighted by Gasteiger charge is -2.72. The second-order valence-electron chi connectivity index (χ2n) is 27.9. The standard InChI is InChI=1S/C59H94O26/c1-11-23(2)49(76)85-47-46(73)59(22-62)26(18-54(47,4)5)25-12-13-30-56(8)16-15-32(55(6,7)29(56)14-17-57(30,9)58(25,10)19-31(59)63)80-53-45(39(70)38(69)43(82-53)48(74)75)84-51-41(72)42(35(66)28(21-61)78-51)81-52-44(37(68)34(65)27(20-60)79-52)83-50-40(71)36(67)33(64)24(3)77-50/h11-12,24,26-47,50-53,60-73H,13-22H2,1-10H3,(H,74,75)/b23-11+/t24-,26-,27+,28+,29-,30+,31+,32-,33-,34-,35+,36+,37-,38-,39-,40+,41+,42-,43-,44+,45+,46-,47-,50-,51-,52-,53+,56-,57+,58+,59-/m0/s1. The van der Waals surface area contributed by atoms with E-state index in [1.165, 1.54) is 6.92 Å². The fourth-order valence-corrected chi connectivity index (χ4v) is 17.3. The third kappa shape index (κ3) is 10.8. The molecule has 4 saturated heterocycles. The van der Waals surface area contributed by atoms with Crippen LogP contribution in [0, 0.1) is 50.2 Å². The highest BCUT2D eigenvalue weighted by Crippen LogP contribution is 2.76. The summed E-state index contributed by atoms with van der Waals surface area (Å²) in [5.41, 5.74) is -2.87. The van der Waals surface area contributed by atoms with Crippen LogP contribution in [0.25, 0.3) is 0 Å². The average Bonchev–Trinajstić information content (AvgIpc) is 0.675. The number of aliphatic carboxylic acids is 1. The molecule has 85 heavy (non-hydrogen) atoms. The summed E-state index contributed by atoms with van der Waals surface area (Å²) in [5, 5.41) is 167. The third-order valence-electron chi connectivity index (χ3n) is 22.7. The first kappa shape index (κ1) is 66.9. The third-order valence-corrected chi connectivity index (χ3v) is 22.7. The molecule has 0 bridgehead atoms. The molecular weight excluding hydrogens is 1120 g/mol. The molecule has 9 aliphatic rings. The predicted octanol–water partition coefficient (Wildman–Crippen LogP) is -2.01. The second-order valence-corrected chi connectivity index (χ2v) is 27.9. The van der Waals surface area contributed by atoms with Crippen molar-refractivity contribution in [3.05, 3.63) is 23.3 Å². The maximum absolute atomic E-state index is 13.2. The molecule has 26 heteroatoms. The van der Waals surface area contributed by atoms with Gasteiger partial charge >= 0.3 is 11.9 Å². The fourth-order valence-electron chi connectivity index (χ4n) is 17.3. The number of hydrogen-bond acceptors (Lipinski definition) is 25. The van der Waals surface area contributed by atoms with Gasteiger partial charge < -0.3 is 119 Å². The van der Waals surface area contributed by atoms with Crippen LogP contribution >= 0.6 is 0 Å². The largest absolute Gasteiger partial charge is 0.479 e. The van der Waals surface area contributed by atoms with Gasteiger partial charge in [-0.25, -0.2) is 9.59 Å². The highest BCUT2D eigenvalue weighted by molar-refractivity contribution is 5.87. The molecule has 0 radical (unpaired) electrons. The Balaban J connectivity index is 0.963. The molecular formula is C59H94O26. The zero-order valence-electron chi connectivity index (χ0n) is 50.0. The molecule has 0 spiro atoms. The zero-order valence-corrected chi connectivity index (χ0v) is 50.0. The zero-order chi connectivity index (χ0) is 62.7. The van der Waals surface area contributed by atoms with Crippen LogP contribution in [-0.2, 0) is 52.2 Å². The molecule has 5 aliphatic carbocycles. The van der Waals surface area contributed by atoms with Crippen LogP contribution in [0.15, 0.2) is 23.3 Å². The highest BCUT2D eigenvalue weighted by atomic mass is 16.8. The van der Waals surface area contributed by atoms with E-state index in [0.29, 0.717) is 44.1 Å². The van der Waals surface area contributed by atoms with E-state index >= 15 is 0 Å². The Morgan fingerprint density at radius 3 is 1.81 bits per heavy atom. The molecule has 0 aromatic carbocycles. The predicted molar refractivity (Wildman–Crippen MR) is 289 cm³/mol. The molecule has 0 amide bonds. The minimum Gasteiger partial charge on any atom is -0.479 e. The summed E-state index contributed by atoms with van der Waals surface area (Å²) in [6.45, 7) is 17.0. The van der Waals surface area contributed by atoms with Gasteiger partial charge in [0, 0.05) is 11.0 Å². The van der Waals surface area contributed by atoms with Gasteiger partial charge in [-0.2, -0.15) is 0 Å². The number of rotatable bonds is 14. The van der Waals surface area contributed by atoms with Crippen LogP contribution in [-0.4, -0.2) is 256 Å². The number of carboxylic acid groups (broad SMARTS) is 1. The van der Waals surface area contributed by atoms with Crippen molar-refractivity contribution in [1.82, 2.24) is 0 Å². The number of ether oxygens (including phenoxy) is 9. The minimum absolute atomic E-state index is 0.0346. The van der Waals surface area contributed by atoms with Gasteiger partial charge in [0.25, 0.3) is 0 Å². The lowest BCUT2D eigenvalue weighted by Crippen LogP contribution is -2.72. The molecule has 8 fully saturated rings. The van der Waals surface area contributed by atoms with Crippen LogP contribution in [0.2, 0.25) is 0 Å². The van der Waals surface area contributed by atoms with Crippen molar-refractivity contribution < 1.29 is 129 Å². The summed E-state index contributed by atoms with van der Waals surface area (Å²) in [6.07, 6.45) is -34.1. The molecule has 0 aromatic heterocycles. The summed E-state index contributed by atoms with van der Waals surface area (Å²) in [5.74, 6) is -2.71. The van der Waals surface area contributed by atoms with Gasteiger partial charge in [-0.15, -0.1) is 0 Å². The Morgan fingerprint density at radius 1 is 0.635 bits per heavy atom. The Bertz CT molecular complexity index is 2460. The van der Waals surface area contributed by atoms with Gasteiger partial charge in [0.05, 0.1) is 43.5 Å². The Hall–Kier alpha value is -2.46. The van der Waals surface area contributed by atoms with E-state index in [9.17, 15) is 86.2 Å². The fraction of sp³-hybridized carbons (Fsp3) is 0.898. The summed E-state index contributed by atoms with van der Waals surface area (Å²) < 4.78 is 54.0. The van der Waals surface area contributed by atoms with Crippen LogP contribution < -0.4 is 0 Å². The van der Waals surface area contributed by atoms with E-state index < -0.39 is 212 Å². The smallest absolute Gasteiger partial charge is 0.335 e. The Kier molecular flexibility index (Phi) is 19.1. The van der Waals surface area contributed by atoms with Crippen LogP contribution in [0.1, 0.15) is 114 Å². The first-order chi connectivity index (χ1) is 39.7. The molecule has 4 saturated carbocycles. The molecule has 26 nitrogen and oxygen atoms in total. The first-order valence-corrected chi connectivity index (χ1v) is 30.0. The number of esters is 1. The molecule has 9 rings (SSSR count). The number of aliphatic hydroxyl groups excluding tert-OH is 14. The molecule has 486 valence electrons. The van der Waals surface area contributed by atoms with Crippen molar-refractivity contribution in [2.24, 2.45) is 50.2 Å². The monoisotopic (exact) mass is 1220 g/mol. The van der Waals surface area contributed by atoms with E-state index in [-0.39, 0.29) is 23.7 Å². The minimum atomic E-state index is -2.15. The number of carbonyl (C=O) groups is 2. The van der Waals surface area contributed by atoms with Crippen molar-refractivity contribution in [2.75, 3.05) is 19.8 Å². The van der Waals surface area contributed by atoms with Gasteiger partial charge in [-0.3, -0.25) is 0 Å². The van der Waals surface area contributed by atoms with Gasteiger partial charge in [0.1, 0.15) is 97.7 Å². The van der Waals surface area contributed by atoms with Crippen LogP contribution in [0.5, 0.6) is 0 Å². The quantitative estimate of drug-likeness (QED) is 0.0387. The Labute approximate surface area is 494 Å². The van der Waals surface area contributed by atoms with Crippen LogP contribution in [0.4, 0.5) is 0 Å². The van der Waals surface area contributed by atoms with Crippen LogP contribution in [0.3, 0.4) is 0 Å². The number of allylic oxidation sites excluding steroid dienone is 3. The molecule has 31 atom stereocenters. The maximum Gasteiger partial charge on any atom is 0.335 e. The SMILES string of the molecule is C/C=C(\C)C(=O)O[C@H]1[C@H](O)[C@]2(CO)[C@H](O)C[C@]3(C)C(=CC[C@@H]4[C@@]5(C)CC[C@H](O[C@@H]6O[C@H](C(=O)O)[C@@H](O)[C@H](O)[C@H]6O[C@@H]6O[C@H](CO)[C@@H](O)[C@H](O[C@@H]7O[C@H](CO)[C@H](O)[C@H](O)[C@H]7O[C@@H]7O[C@@H](C)[C@H](O)[C@@H](O)[C@H]7O)[C@H]6O)C(C)(C)[C@@H]5CC[C@]43C)[C@@H]2CC1(C)C. The number of carbonyl (C=O) groups excluding carboxylic acids is 1. The van der Waals surface area contributed by atoms with Gasteiger partial charge in [-0.05, 0) is 105 Å². The first-order valence-electron chi connectivity index (χ1n) is 30.0. The van der Waals surface area contributed by atoms with Crippen molar-refractivity contribution in [3.8, 4) is 0 Å². The van der Waals surface area contributed by atoms with Gasteiger partial charge in [-0.1, -0.05) is 66.2 Å². The van der Waals surface area contributed by atoms with Crippen molar-refractivity contribution in [1.29, 1.82) is 0 Å².